The van der Waals surface area contributed by atoms with Crippen molar-refractivity contribution < 1.29 is 37.3 Å². The van der Waals surface area contributed by atoms with E-state index in [1.54, 1.807) is 0 Å². The Labute approximate surface area is 117 Å². The van der Waals surface area contributed by atoms with E-state index in [1.165, 1.54) is 0 Å². The molecule has 0 aromatic carbocycles. The van der Waals surface area contributed by atoms with Gasteiger partial charge in [-0.15, -0.1) is 0 Å². The summed E-state index contributed by atoms with van der Waals surface area (Å²) in [5.41, 5.74) is -3.01. The molecule has 0 unspecified atom stereocenters. The highest BCUT2D eigenvalue weighted by Crippen LogP contribution is 2.64. The molecule has 4 bridgehead atoms. The van der Waals surface area contributed by atoms with Gasteiger partial charge >= 0.3 is 17.9 Å². The van der Waals surface area contributed by atoms with Crippen molar-refractivity contribution in [2.24, 2.45) is 23.7 Å². The number of alkyl halides is 5. The molecule has 4 aliphatic rings. The molecule has 3 N–H and O–H groups in total. The Bertz CT molecular complexity index is 418. The average Bonchev–Trinajstić information content (AvgIpc) is 2.32. The van der Waals surface area contributed by atoms with Crippen molar-refractivity contribution in [3.8, 4) is 0 Å². The summed E-state index contributed by atoms with van der Waals surface area (Å²) in [7, 11) is 0. The molecular formula is C13H17F5O3. The zero-order chi connectivity index (χ0) is 15.8. The van der Waals surface area contributed by atoms with Crippen LogP contribution in [0.3, 0.4) is 0 Å². The molecule has 21 heavy (non-hydrogen) atoms. The molecule has 0 aromatic heterocycles. The molecule has 0 radical (unpaired) electrons. The summed E-state index contributed by atoms with van der Waals surface area (Å²) in [6.45, 7) is 0. The Morgan fingerprint density at radius 3 is 1.48 bits per heavy atom. The smallest absolute Gasteiger partial charge is 0.383 e. The summed E-state index contributed by atoms with van der Waals surface area (Å²) >= 11 is 0. The largest absolute Gasteiger partial charge is 0.449 e. The molecule has 0 aromatic rings. The monoisotopic (exact) mass is 316 g/mol. The van der Waals surface area contributed by atoms with Crippen LogP contribution in [0.5, 0.6) is 0 Å². The van der Waals surface area contributed by atoms with Crippen LogP contribution in [0.25, 0.3) is 0 Å². The van der Waals surface area contributed by atoms with E-state index in [4.69, 9.17) is 10.2 Å². The van der Waals surface area contributed by atoms with Crippen LogP contribution >= 0.6 is 0 Å². The van der Waals surface area contributed by atoms with Gasteiger partial charge in [0.2, 0.25) is 0 Å². The summed E-state index contributed by atoms with van der Waals surface area (Å²) in [4.78, 5) is 0. The molecule has 8 heteroatoms. The zero-order valence-electron chi connectivity index (χ0n) is 11.1. The van der Waals surface area contributed by atoms with Crippen LogP contribution in [0, 0.1) is 23.7 Å². The van der Waals surface area contributed by atoms with Crippen molar-refractivity contribution in [2.45, 2.75) is 55.6 Å². The van der Waals surface area contributed by atoms with Gasteiger partial charge in [0, 0.05) is 0 Å². The van der Waals surface area contributed by atoms with Gasteiger partial charge in [-0.05, 0) is 55.8 Å². The molecule has 4 aliphatic carbocycles. The minimum absolute atomic E-state index is 0.140. The average molecular weight is 316 g/mol. The fourth-order valence-corrected chi connectivity index (χ4v) is 4.87. The molecule has 0 amide bonds. The van der Waals surface area contributed by atoms with Gasteiger partial charge in [-0.3, -0.25) is 0 Å². The first-order valence-corrected chi connectivity index (χ1v) is 7.03. The molecule has 4 saturated carbocycles. The van der Waals surface area contributed by atoms with Crippen molar-refractivity contribution in [3.05, 3.63) is 0 Å². The second-order valence-corrected chi connectivity index (χ2v) is 6.87. The lowest BCUT2D eigenvalue weighted by atomic mass is 9.48. The summed E-state index contributed by atoms with van der Waals surface area (Å²) in [5, 5.41) is 28.5. The summed E-state index contributed by atoms with van der Waals surface area (Å²) in [6, 6.07) is 0. The number of hydrogen-bond donors (Lipinski definition) is 3. The van der Waals surface area contributed by atoms with Gasteiger partial charge in [-0.25, -0.2) is 0 Å². The predicted molar refractivity (Wildman–Crippen MR) is 60.2 cm³/mol. The molecule has 0 heterocycles. The first-order chi connectivity index (χ1) is 9.41. The van der Waals surface area contributed by atoms with Crippen molar-refractivity contribution in [1.82, 2.24) is 0 Å². The highest BCUT2D eigenvalue weighted by atomic mass is 19.4. The number of rotatable bonds is 2. The number of halogens is 5. The van der Waals surface area contributed by atoms with Gasteiger partial charge in [0.15, 0.2) is 0 Å². The van der Waals surface area contributed by atoms with Gasteiger partial charge in [-0.1, -0.05) is 0 Å². The normalized spacial score (nSPS) is 43.4. The van der Waals surface area contributed by atoms with E-state index in [0.29, 0.717) is 0 Å². The zero-order valence-corrected chi connectivity index (χ0v) is 11.1. The lowest BCUT2D eigenvalue weighted by Crippen LogP contribution is -2.75. The number of aliphatic hydroxyl groups is 3. The molecule has 0 spiro atoms. The van der Waals surface area contributed by atoms with E-state index >= 15 is 0 Å². The van der Waals surface area contributed by atoms with Crippen molar-refractivity contribution in [1.29, 1.82) is 0 Å². The second kappa shape index (κ2) is 4.08. The molecule has 4 fully saturated rings. The minimum Gasteiger partial charge on any atom is -0.383 e. The maximum Gasteiger partial charge on any atom is 0.449 e. The van der Waals surface area contributed by atoms with Gasteiger partial charge in [0.05, 0.1) is 0 Å². The Kier molecular flexibility index (Phi) is 3.00. The van der Waals surface area contributed by atoms with Crippen LogP contribution in [-0.2, 0) is 0 Å². The SMILES string of the molecule is OC1(C(F)(F)C(O)(O)C(F)(F)F)C2CC3CC(C2)CC1C3. The molecule has 0 atom stereocenters. The van der Waals surface area contributed by atoms with E-state index in [-0.39, 0.29) is 37.5 Å². The standard InChI is InChI=1S/C13H17F5O3/c14-11(15,12(20,21)13(16,17)18)10(19)8-2-6-1-7(4-8)5-9(10)3-6/h6-9,19-21H,1-5H2. The third kappa shape index (κ3) is 1.75. The van der Waals surface area contributed by atoms with Gasteiger partial charge in [0.25, 0.3) is 0 Å². The van der Waals surface area contributed by atoms with E-state index in [0.717, 1.165) is 6.42 Å². The van der Waals surface area contributed by atoms with Crippen molar-refractivity contribution in [3.63, 3.8) is 0 Å². The number of hydrogen-bond acceptors (Lipinski definition) is 3. The maximum absolute atomic E-state index is 14.4. The van der Waals surface area contributed by atoms with Crippen LogP contribution in [0.1, 0.15) is 32.1 Å². The van der Waals surface area contributed by atoms with Crippen LogP contribution in [0.4, 0.5) is 22.0 Å². The van der Waals surface area contributed by atoms with Crippen LogP contribution in [0.2, 0.25) is 0 Å². The fraction of sp³-hybridized carbons (Fsp3) is 1.00. The van der Waals surface area contributed by atoms with E-state index in [1.807, 2.05) is 0 Å². The van der Waals surface area contributed by atoms with E-state index < -0.39 is 35.3 Å². The quantitative estimate of drug-likeness (QED) is 0.540. The Morgan fingerprint density at radius 1 is 0.762 bits per heavy atom. The van der Waals surface area contributed by atoms with Crippen molar-refractivity contribution in [2.75, 3.05) is 0 Å². The highest BCUT2D eigenvalue weighted by Gasteiger charge is 2.80. The molecule has 122 valence electrons. The maximum atomic E-state index is 14.4. The molecular weight excluding hydrogens is 299 g/mol. The molecule has 4 rings (SSSR count). The third-order valence-electron chi connectivity index (χ3n) is 5.72. The summed E-state index contributed by atoms with van der Waals surface area (Å²) in [6.07, 6.45) is -4.22. The van der Waals surface area contributed by atoms with E-state index in [2.05, 4.69) is 0 Å². The Balaban J connectivity index is 2.02. The van der Waals surface area contributed by atoms with Crippen molar-refractivity contribution >= 4 is 0 Å². The minimum atomic E-state index is -5.94. The summed E-state index contributed by atoms with van der Waals surface area (Å²) in [5.74, 6) is -12.1. The lowest BCUT2D eigenvalue weighted by molar-refractivity contribution is -0.457. The predicted octanol–water partition coefficient (Wildman–Crippen LogP) is 2.05. The first-order valence-electron chi connectivity index (χ1n) is 7.03. The van der Waals surface area contributed by atoms with Gasteiger partial charge < -0.3 is 15.3 Å². The summed E-state index contributed by atoms with van der Waals surface area (Å²) < 4.78 is 66.6. The Hall–Kier alpha value is -0.470. The lowest BCUT2D eigenvalue weighted by Gasteiger charge is -2.61. The molecule has 3 nitrogen and oxygen atoms in total. The molecule has 0 saturated heterocycles. The Morgan fingerprint density at radius 2 is 1.14 bits per heavy atom. The fourth-order valence-electron chi connectivity index (χ4n) is 4.87. The molecule has 0 aliphatic heterocycles. The highest BCUT2D eigenvalue weighted by molar-refractivity contribution is 5.16. The topological polar surface area (TPSA) is 60.7 Å². The second-order valence-electron chi connectivity index (χ2n) is 6.87. The van der Waals surface area contributed by atoms with Gasteiger partial charge in [0.1, 0.15) is 5.60 Å². The van der Waals surface area contributed by atoms with Crippen LogP contribution < -0.4 is 0 Å². The van der Waals surface area contributed by atoms with Crippen LogP contribution in [0.15, 0.2) is 0 Å². The van der Waals surface area contributed by atoms with E-state index in [9.17, 15) is 27.1 Å². The van der Waals surface area contributed by atoms with Gasteiger partial charge in [-0.2, -0.15) is 22.0 Å². The third-order valence-corrected chi connectivity index (χ3v) is 5.72. The van der Waals surface area contributed by atoms with Crippen LogP contribution in [-0.4, -0.2) is 38.8 Å². The first kappa shape index (κ1) is 15.4.